The first-order valence-corrected chi connectivity index (χ1v) is 5.21. The quantitative estimate of drug-likeness (QED) is 0.796. The van der Waals surface area contributed by atoms with Crippen molar-refractivity contribution in [3.8, 4) is 0 Å². The van der Waals surface area contributed by atoms with Gasteiger partial charge in [0.2, 0.25) is 11.9 Å². The highest BCUT2D eigenvalue weighted by atomic mass is 16.2. The van der Waals surface area contributed by atoms with Gasteiger partial charge in [0.1, 0.15) is 0 Å². The predicted octanol–water partition coefficient (Wildman–Crippen LogP) is 0.969. The molecule has 0 aliphatic rings. The zero-order valence-corrected chi connectivity index (χ0v) is 10.2. The number of amides is 1. The van der Waals surface area contributed by atoms with Gasteiger partial charge in [0.05, 0.1) is 5.41 Å². The van der Waals surface area contributed by atoms with Crippen LogP contribution in [0, 0.1) is 12.3 Å². The summed E-state index contributed by atoms with van der Waals surface area (Å²) in [5.41, 5.74) is 0.414. The number of rotatable bonds is 4. The van der Waals surface area contributed by atoms with Gasteiger partial charge in [0.15, 0.2) is 0 Å². The highest BCUT2D eigenvalue weighted by molar-refractivity contribution is 5.82. The third-order valence-electron chi connectivity index (χ3n) is 2.33. The van der Waals surface area contributed by atoms with Crippen molar-refractivity contribution in [1.29, 1.82) is 0 Å². The molecule has 0 radical (unpaired) electrons. The van der Waals surface area contributed by atoms with E-state index in [1.807, 2.05) is 26.8 Å². The summed E-state index contributed by atoms with van der Waals surface area (Å²) in [6.07, 6.45) is 1.69. The molecule has 1 rings (SSSR count). The van der Waals surface area contributed by atoms with E-state index in [1.54, 1.807) is 13.2 Å². The second-order valence-electron chi connectivity index (χ2n) is 4.34. The average molecular weight is 222 g/mol. The summed E-state index contributed by atoms with van der Waals surface area (Å²) in [7, 11) is 1.63. The highest BCUT2D eigenvalue weighted by Gasteiger charge is 2.26. The van der Waals surface area contributed by atoms with Gasteiger partial charge < -0.3 is 10.6 Å². The van der Waals surface area contributed by atoms with E-state index in [0.29, 0.717) is 12.5 Å². The molecule has 0 fully saturated rings. The van der Waals surface area contributed by atoms with E-state index in [9.17, 15) is 4.79 Å². The highest BCUT2D eigenvalue weighted by Crippen LogP contribution is 2.15. The molecule has 1 heterocycles. The van der Waals surface area contributed by atoms with Crippen molar-refractivity contribution >= 4 is 11.9 Å². The fourth-order valence-corrected chi connectivity index (χ4v) is 1.25. The molecule has 5 nitrogen and oxygen atoms in total. The monoisotopic (exact) mass is 222 g/mol. The third-order valence-corrected chi connectivity index (χ3v) is 2.33. The largest absolute Gasteiger partial charge is 0.359 e. The lowest BCUT2D eigenvalue weighted by atomic mass is 9.92. The summed E-state index contributed by atoms with van der Waals surface area (Å²) in [5.74, 6) is 0.546. The number of carbonyl (C=O) groups is 1. The Labute approximate surface area is 95.7 Å². The van der Waals surface area contributed by atoms with Crippen LogP contribution in [0.25, 0.3) is 0 Å². The molecule has 0 spiro atoms. The summed E-state index contributed by atoms with van der Waals surface area (Å²) in [5, 5.41) is 5.69. The zero-order chi connectivity index (χ0) is 12.2. The van der Waals surface area contributed by atoms with Gasteiger partial charge in [-0.25, -0.2) is 9.97 Å². The van der Waals surface area contributed by atoms with Crippen LogP contribution < -0.4 is 10.6 Å². The number of aryl methyl sites for hydroxylation is 1. The molecule has 5 heteroatoms. The van der Waals surface area contributed by atoms with E-state index in [2.05, 4.69) is 20.6 Å². The van der Waals surface area contributed by atoms with E-state index < -0.39 is 5.41 Å². The van der Waals surface area contributed by atoms with Crippen LogP contribution in [0.15, 0.2) is 12.3 Å². The Morgan fingerprint density at radius 3 is 2.75 bits per heavy atom. The smallest absolute Gasteiger partial charge is 0.227 e. The van der Waals surface area contributed by atoms with Gasteiger partial charge in [0, 0.05) is 25.5 Å². The van der Waals surface area contributed by atoms with Crippen LogP contribution in [0.5, 0.6) is 0 Å². The molecule has 0 aliphatic heterocycles. The Morgan fingerprint density at radius 1 is 1.50 bits per heavy atom. The number of carbonyl (C=O) groups excluding carboxylic acids is 1. The SMILES string of the molecule is CNC(=O)C(C)(C)CNc1nccc(C)n1. The minimum absolute atomic E-state index is 0.00680. The van der Waals surface area contributed by atoms with Gasteiger partial charge in [0.25, 0.3) is 0 Å². The van der Waals surface area contributed by atoms with Crippen molar-refractivity contribution in [1.82, 2.24) is 15.3 Å². The van der Waals surface area contributed by atoms with Crippen molar-refractivity contribution in [3.63, 3.8) is 0 Å². The molecular formula is C11H18N4O. The molecule has 2 N–H and O–H groups in total. The molecule has 0 bridgehead atoms. The van der Waals surface area contributed by atoms with Crippen molar-refractivity contribution in [2.24, 2.45) is 5.41 Å². The van der Waals surface area contributed by atoms with Crippen LogP contribution in [0.1, 0.15) is 19.5 Å². The number of hydrogen-bond acceptors (Lipinski definition) is 4. The first kappa shape index (κ1) is 12.4. The van der Waals surface area contributed by atoms with Crippen LogP contribution >= 0.6 is 0 Å². The molecule has 0 saturated heterocycles. The van der Waals surface area contributed by atoms with Gasteiger partial charge in [-0.15, -0.1) is 0 Å². The lowest BCUT2D eigenvalue weighted by Gasteiger charge is -2.22. The normalized spacial score (nSPS) is 11.0. The molecule has 0 saturated carbocycles. The van der Waals surface area contributed by atoms with Crippen LogP contribution in [-0.4, -0.2) is 29.5 Å². The fourth-order valence-electron chi connectivity index (χ4n) is 1.25. The standard InChI is InChI=1S/C11H18N4O/c1-8-5-6-13-10(15-8)14-7-11(2,3)9(16)12-4/h5-6H,7H2,1-4H3,(H,12,16)(H,13,14,15). The Balaban J connectivity index is 2.61. The van der Waals surface area contributed by atoms with Crippen LogP contribution in [-0.2, 0) is 4.79 Å². The zero-order valence-electron chi connectivity index (χ0n) is 10.2. The number of aromatic nitrogens is 2. The van der Waals surface area contributed by atoms with Gasteiger partial charge in [-0.1, -0.05) is 0 Å². The first-order valence-electron chi connectivity index (χ1n) is 5.21. The maximum atomic E-state index is 11.5. The average Bonchev–Trinajstić information content (AvgIpc) is 2.25. The van der Waals surface area contributed by atoms with Crippen LogP contribution in [0.3, 0.4) is 0 Å². The molecule has 0 unspecified atom stereocenters. The van der Waals surface area contributed by atoms with Crippen molar-refractivity contribution in [3.05, 3.63) is 18.0 Å². The Kier molecular flexibility index (Phi) is 3.82. The van der Waals surface area contributed by atoms with Gasteiger partial charge in [-0.05, 0) is 26.8 Å². The van der Waals surface area contributed by atoms with Gasteiger partial charge in [-0.3, -0.25) is 4.79 Å². The van der Waals surface area contributed by atoms with Crippen molar-refractivity contribution in [2.45, 2.75) is 20.8 Å². The molecule has 88 valence electrons. The van der Waals surface area contributed by atoms with Crippen molar-refractivity contribution < 1.29 is 4.79 Å². The minimum Gasteiger partial charge on any atom is -0.359 e. The number of hydrogen-bond donors (Lipinski definition) is 2. The van der Waals surface area contributed by atoms with E-state index >= 15 is 0 Å². The molecule has 0 aliphatic carbocycles. The number of anilines is 1. The molecule has 1 aromatic rings. The van der Waals surface area contributed by atoms with E-state index in [4.69, 9.17) is 0 Å². The second-order valence-corrected chi connectivity index (χ2v) is 4.34. The summed E-state index contributed by atoms with van der Waals surface area (Å²) in [6, 6.07) is 1.83. The third kappa shape index (κ3) is 3.18. The van der Waals surface area contributed by atoms with E-state index in [0.717, 1.165) is 5.69 Å². The molecule has 16 heavy (non-hydrogen) atoms. The van der Waals surface area contributed by atoms with E-state index in [1.165, 1.54) is 0 Å². The van der Waals surface area contributed by atoms with Crippen molar-refractivity contribution in [2.75, 3.05) is 18.9 Å². The summed E-state index contributed by atoms with van der Waals surface area (Å²) < 4.78 is 0. The molecule has 0 aromatic carbocycles. The van der Waals surface area contributed by atoms with E-state index in [-0.39, 0.29) is 5.91 Å². The molecule has 1 aromatic heterocycles. The summed E-state index contributed by atoms with van der Waals surface area (Å²) >= 11 is 0. The summed E-state index contributed by atoms with van der Waals surface area (Å²) in [4.78, 5) is 19.8. The Hall–Kier alpha value is -1.65. The Morgan fingerprint density at radius 2 is 2.19 bits per heavy atom. The number of nitrogens with one attached hydrogen (secondary N) is 2. The van der Waals surface area contributed by atoms with Gasteiger partial charge >= 0.3 is 0 Å². The van der Waals surface area contributed by atoms with Crippen LogP contribution in [0.2, 0.25) is 0 Å². The predicted molar refractivity (Wildman–Crippen MR) is 63.1 cm³/mol. The molecule has 1 amide bonds. The minimum atomic E-state index is -0.484. The first-order chi connectivity index (χ1) is 7.45. The maximum Gasteiger partial charge on any atom is 0.227 e. The molecule has 0 atom stereocenters. The number of nitrogens with zero attached hydrogens (tertiary/aromatic N) is 2. The van der Waals surface area contributed by atoms with Gasteiger partial charge in [-0.2, -0.15) is 0 Å². The second kappa shape index (κ2) is 4.92. The lowest BCUT2D eigenvalue weighted by molar-refractivity contribution is -0.128. The summed E-state index contributed by atoms with van der Waals surface area (Å²) in [6.45, 7) is 6.14. The maximum absolute atomic E-state index is 11.5. The lowest BCUT2D eigenvalue weighted by Crippen LogP contribution is -2.39. The topological polar surface area (TPSA) is 66.9 Å². The molecular weight excluding hydrogens is 204 g/mol. The van der Waals surface area contributed by atoms with Crippen LogP contribution in [0.4, 0.5) is 5.95 Å². The fraction of sp³-hybridized carbons (Fsp3) is 0.545. The Bertz CT molecular complexity index is 376.